The fourth-order valence-corrected chi connectivity index (χ4v) is 3.65. The largest absolute Gasteiger partial charge is 0.329 e. The third-order valence-electron chi connectivity index (χ3n) is 4.07. The van der Waals surface area contributed by atoms with E-state index in [0.29, 0.717) is 5.54 Å². The van der Waals surface area contributed by atoms with Gasteiger partial charge in [0.25, 0.3) is 0 Å². The lowest BCUT2D eigenvalue weighted by atomic mass is 9.65. The molecule has 2 unspecified atom stereocenters. The number of hydrogen-bond donors (Lipinski definition) is 2. The second-order valence-electron chi connectivity index (χ2n) is 5.58. The summed E-state index contributed by atoms with van der Waals surface area (Å²) in [7, 11) is 0. The van der Waals surface area contributed by atoms with Crippen molar-refractivity contribution in [1.29, 1.82) is 0 Å². The molecule has 3 N–H and O–H groups in total. The Morgan fingerprint density at radius 1 is 1.29 bits per heavy atom. The Balaban J connectivity index is 1.93. The van der Waals surface area contributed by atoms with Crippen molar-refractivity contribution < 1.29 is 0 Å². The first-order valence-corrected chi connectivity index (χ1v) is 6.17. The van der Waals surface area contributed by atoms with Gasteiger partial charge in [-0.15, -0.1) is 0 Å². The van der Waals surface area contributed by atoms with E-state index < -0.39 is 0 Å². The van der Waals surface area contributed by atoms with E-state index in [9.17, 15) is 0 Å². The van der Waals surface area contributed by atoms with Crippen LogP contribution in [0.5, 0.6) is 0 Å². The number of rotatable bonds is 3. The number of nitrogens with two attached hydrogens (primary N) is 1. The maximum absolute atomic E-state index is 5.56. The van der Waals surface area contributed by atoms with Gasteiger partial charge in [-0.2, -0.15) is 0 Å². The van der Waals surface area contributed by atoms with Gasteiger partial charge in [0.05, 0.1) is 0 Å². The molecule has 0 aliphatic heterocycles. The number of fused-ring (bicyclic) bond motifs is 2. The highest BCUT2D eigenvalue weighted by Gasteiger charge is 2.38. The zero-order valence-electron chi connectivity index (χ0n) is 9.39. The van der Waals surface area contributed by atoms with Crippen molar-refractivity contribution in [3.05, 3.63) is 0 Å². The second kappa shape index (κ2) is 4.19. The summed E-state index contributed by atoms with van der Waals surface area (Å²) in [5.74, 6) is 2.00. The van der Waals surface area contributed by atoms with Crippen LogP contribution in [0.15, 0.2) is 0 Å². The molecule has 0 heterocycles. The van der Waals surface area contributed by atoms with Gasteiger partial charge in [-0.1, -0.05) is 19.3 Å². The molecule has 2 bridgehead atoms. The zero-order chi connectivity index (χ0) is 10.0. The Morgan fingerprint density at radius 3 is 2.50 bits per heavy atom. The monoisotopic (exact) mass is 196 g/mol. The van der Waals surface area contributed by atoms with Gasteiger partial charge >= 0.3 is 0 Å². The summed E-state index contributed by atoms with van der Waals surface area (Å²) >= 11 is 0. The molecular formula is C12H24N2. The van der Waals surface area contributed by atoms with Crippen LogP contribution in [0.25, 0.3) is 0 Å². The average Bonchev–Trinajstić information content (AvgIpc) is 2.14. The van der Waals surface area contributed by atoms with Crippen LogP contribution in [-0.2, 0) is 0 Å². The second-order valence-corrected chi connectivity index (χ2v) is 5.58. The summed E-state index contributed by atoms with van der Waals surface area (Å²) in [6.45, 7) is 4.15. The van der Waals surface area contributed by atoms with Crippen LogP contribution in [0, 0.1) is 11.8 Å². The van der Waals surface area contributed by atoms with Crippen LogP contribution < -0.4 is 11.1 Å². The average molecular weight is 196 g/mol. The summed E-state index contributed by atoms with van der Waals surface area (Å²) in [6, 6.07) is 0. The topological polar surface area (TPSA) is 38.0 Å². The molecule has 0 aromatic carbocycles. The molecule has 82 valence electrons. The van der Waals surface area contributed by atoms with Gasteiger partial charge in [0.15, 0.2) is 0 Å². The molecule has 2 fully saturated rings. The van der Waals surface area contributed by atoms with E-state index in [4.69, 9.17) is 5.73 Å². The molecule has 2 aliphatic carbocycles. The van der Waals surface area contributed by atoms with E-state index in [1.807, 2.05) is 0 Å². The molecule has 0 saturated heterocycles. The van der Waals surface area contributed by atoms with E-state index in [1.165, 1.54) is 38.5 Å². The van der Waals surface area contributed by atoms with E-state index in [2.05, 4.69) is 12.2 Å². The van der Waals surface area contributed by atoms with Gasteiger partial charge in [-0.25, -0.2) is 0 Å². The molecule has 0 radical (unpaired) electrons. The first-order valence-electron chi connectivity index (χ1n) is 6.17. The van der Waals surface area contributed by atoms with Gasteiger partial charge in [-0.3, -0.25) is 0 Å². The van der Waals surface area contributed by atoms with Gasteiger partial charge in [0.1, 0.15) is 0 Å². The van der Waals surface area contributed by atoms with E-state index in [-0.39, 0.29) is 0 Å². The lowest BCUT2D eigenvalue weighted by molar-refractivity contribution is 0.100. The molecule has 14 heavy (non-hydrogen) atoms. The fourth-order valence-electron chi connectivity index (χ4n) is 3.65. The van der Waals surface area contributed by atoms with Gasteiger partial charge < -0.3 is 11.1 Å². The highest BCUT2D eigenvalue weighted by atomic mass is 15.0. The van der Waals surface area contributed by atoms with Crippen LogP contribution in [0.4, 0.5) is 0 Å². The molecule has 2 heteroatoms. The quantitative estimate of drug-likeness (QED) is 0.723. The Bertz CT molecular complexity index is 179. The van der Waals surface area contributed by atoms with Crippen molar-refractivity contribution >= 4 is 0 Å². The Morgan fingerprint density at radius 2 is 1.93 bits per heavy atom. The van der Waals surface area contributed by atoms with Crippen LogP contribution in [0.2, 0.25) is 0 Å². The molecule has 2 saturated carbocycles. The molecule has 2 rings (SSSR count). The van der Waals surface area contributed by atoms with Crippen molar-refractivity contribution in [2.75, 3.05) is 13.1 Å². The molecular weight excluding hydrogens is 172 g/mol. The number of hydrogen-bond acceptors (Lipinski definition) is 2. The highest BCUT2D eigenvalue weighted by molar-refractivity contribution is 4.95. The van der Waals surface area contributed by atoms with Crippen molar-refractivity contribution in [3.63, 3.8) is 0 Å². The maximum atomic E-state index is 5.56. The summed E-state index contributed by atoms with van der Waals surface area (Å²) in [4.78, 5) is 0. The van der Waals surface area contributed by atoms with Crippen LogP contribution in [0.3, 0.4) is 0 Å². The third-order valence-corrected chi connectivity index (χ3v) is 4.07. The molecule has 0 spiro atoms. The zero-order valence-corrected chi connectivity index (χ0v) is 9.39. The molecule has 2 nitrogen and oxygen atoms in total. The summed E-state index contributed by atoms with van der Waals surface area (Å²) in [5, 5.41) is 3.65. The minimum Gasteiger partial charge on any atom is -0.329 e. The third kappa shape index (κ3) is 2.29. The highest BCUT2D eigenvalue weighted by Crippen LogP contribution is 2.44. The van der Waals surface area contributed by atoms with Gasteiger partial charge in [0, 0.05) is 18.6 Å². The number of nitrogens with one attached hydrogen (secondary N) is 1. The van der Waals surface area contributed by atoms with E-state index in [1.54, 1.807) is 0 Å². The molecule has 0 aromatic rings. The van der Waals surface area contributed by atoms with Gasteiger partial charge in [-0.05, 0) is 38.0 Å². The normalized spacial score (nSPS) is 42.4. The van der Waals surface area contributed by atoms with Crippen molar-refractivity contribution in [2.45, 2.75) is 51.0 Å². The molecule has 0 aromatic heterocycles. The van der Waals surface area contributed by atoms with Crippen molar-refractivity contribution in [2.24, 2.45) is 17.6 Å². The Hall–Kier alpha value is -0.0800. The summed E-state index contributed by atoms with van der Waals surface area (Å²) < 4.78 is 0. The SMILES string of the molecule is CC1(NCCN)CC2CCCC(C2)C1. The predicted octanol–water partition coefficient (Wildman–Crippen LogP) is 1.89. The lowest BCUT2D eigenvalue weighted by Crippen LogP contribution is -2.50. The van der Waals surface area contributed by atoms with Crippen LogP contribution in [0.1, 0.15) is 45.4 Å². The van der Waals surface area contributed by atoms with Crippen LogP contribution >= 0.6 is 0 Å². The minimum atomic E-state index is 0.396. The van der Waals surface area contributed by atoms with Crippen molar-refractivity contribution in [1.82, 2.24) is 5.32 Å². The molecule has 2 atom stereocenters. The fraction of sp³-hybridized carbons (Fsp3) is 1.00. The molecule has 0 amide bonds. The standard InChI is InChI=1S/C12H24N2/c1-12(14-6-5-13)8-10-3-2-4-11(7-10)9-12/h10-11,14H,2-9,13H2,1H3. The molecule has 2 aliphatic rings. The summed E-state index contributed by atoms with van der Waals surface area (Å²) in [6.07, 6.45) is 8.67. The van der Waals surface area contributed by atoms with E-state index >= 15 is 0 Å². The first kappa shape index (κ1) is 10.4. The predicted molar refractivity (Wildman–Crippen MR) is 60.1 cm³/mol. The maximum Gasteiger partial charge on any atom is 0.0159 e. The Kier molecular flexibility index (Phi) is 3.13. The lowest BCUT2D eigenvalue weighted by Gasteiger charge is -2.46. The first-order chi connectivity index (χ1) is 6.72. The van der Waals surface area contributed by atoms with E-state index in [0.717, 1.165) is 24.9 Å². The summed E-state index contributed by atoms with van der Waals surface area (Å²) in [5.41, 5.74) is 5.95. The Labute approximate surface area is 87.6 Å². The minimum absolute atomic E-state index is 0.396. The van der Waals surface area contributed by atoms with Gasteiger partial charge in [0.2, 0.25) is 0 Å². The van der Waals surface area contributed by atoms with Crippen LogP contribution in [-0.4, -0.2) is 18.6 Å². The smallest absolute Gasteiger partial charge is 0.0159 e. The van der Waals surface area contributed by atoms with Crippen molar-refractivity contribution in [3.8, 4) is 0 Å².